The monoisotopic (exact) mass is 260 g/mol. The van der Waals surface area contributed by atoms with Gasteiger partial charge in [0.1, 0.15) is 11.9 Å². The van der Waals surface area contributed by atoms with E-state index in [9.17, 15) is 0 Å². The summed E-state index contributed by atoms with van der Waals surface area (Å²) in [5.74, 6) is 0.999. The Balaban J connectivity index is 1.65. The van der Waals surface area contributed by atoms with Crippen molar-refractivity contribution in [3.8, 4) is 5.75 Å². The largest absolute Gasteiger partial charge is 0.485 e. The van der Waals surface area contributed by atoms with Gasteiger partial charge in [0.05, 0.1) is 12.2 Å². The second kappa shape index (κ2) is 5.41. The van der Waals surface area contributed by atoms with Crippen LogP contribution in [0.5, 0.6) is 5.75 Å². The van der Waals surface area contributed by atoms with E-state index in [1.54, 1.807) is 0 Å². The molecule has 0 radical (unpaired) electrons. The summed E-state index contributed by atoms with van der Waals surface area (Å²) in [5.41, 5.74) is 1.13. The number of fused-ring (bicyclic) bond motifs is 1. The number of hydrogen-bond donors (Lipinski definition) is 1. The molecule has 2 heterocycles. The Bertz CT molecular complexity index is 435. The molecule has 1 aromatic rings. The molecule has 3 atom stereocenters. The highest BCUT2D eigenvalue weighted by Crippen LogP contribution is 2.31. The van der Waals surface area contributed by atoms with Crippen molar-refractivity contribution < 1.29 is 4.74 Å². The maximum Gasteiger partial charge on any atom is 0.142 e. The quantitative estimate of drug-likeness (QED) is 0.903. The number of rotatable bonds is 3. The van der Waals surface area contributed by atoms with Crippen molar-refractivity contribution in [2.24, 2.45) is 0 Å². The molecule has 0 aliphatic carbocycles. The van der Waals surface area contributed by atoms with Gasteiger partial charge in [0.2, 0.25) is 0 Å². The van der Waals surface area contributed by atoms with Gasteiger partial charge in [0, 0.05) is 18.6 Å². The summed E-state index contributed by atoms with van der Waals surface area (Å²) in [6.07, 6.45) is 4.19. The van der Waals surface area contributed by atoms with E-state index in [0.717, 1.165) is 30.6 Å². The third kappa shape index (κ3) is 2.57. The van der Waals surface area contributed by atoms with Crippen molar-refractivity contribution in [3.05, 3.63) is 24.3 Å². The van der Waals surface area contributed by atoms with Crippen molar-refractivity contribution in [3.63, 3.8) is 0 Å². The third-order valence-electron chi connectivity index (χ3n) is 4.54. The number of anilines is 1. The van der Waals surface area contributed by atoms with Crippen LogP contribution in [0.15, 0.2) is 24.3 Å². The molecule has 2 aliphatic rings. The highest BCUT2D eigenvalue weighted by molar-refractivity contribution is 5.57. The van der Waals surface area contributed by atoms with Gasteiger partial charge in [-0.1, -0.05) is 19.1 Å². The lowest BCUT2D eigenvalue weighted by Crippen LogP contribution is -2.45. The molecule has 1 aromatic carbocycles. The first-order valence-corrected chi connectivity index (χ1v) is 7.53. The van der Waals surface area contributed by atoms with Crippen molar-refractivity contribution in [1.82, 2.24) is 4.90 Å². The number of likely N-dealkylation sites (tertiary alicyclic amines) is 1. The van der Waals surface area contributed by atoms with Gasteiger partial charge in [0.15, 0.2) is 0 Å². The second-order valence-corrected chi connectivity index (χ2v) is 5.80. The minimum Gasteiger partial charge on any atom is -0.485 e. The van der Waals surface area contributed by atoms with E-state index in [1.165, 1.54) is 19.3 Å². The van der Waals surface area contributed by atoms with Crippen LogP contribution in [-0.2, 0) is 0 Å². The zero-order valence-electron chi connectivity index (χ0n) is 11.9. The zero-order chi connectivity index (χ0) is 13.2. The van der Waals surface area contributed by atoms with E-state index < -0.39 is 0 Å². The Morgan fingerprint density at radius 3 is 3.00 bits per heavy atom. The Labute approximate surface area is 115 Å². The maximum atomic E-state index is 6.13. The van der Waals surface area contributed by atoms with Crippen molar-refractivity contribution in [1.29, 1.82) is 0 Å². The summed E-state index contributed by atoms with van der Waals surface area (Å²) in [7, 11) is 0. The molecule has 0 bridgehead atoms. The third-order valence-corrected chi connectivity index (χ3v) is 4.54. The van der Waals surface area contributed by atoms with Gasteiger partial charge < -0.3 is 10.1 Å². The van der Waals surface area contributed by atoms with Crippen LogP contribution in [0.1, 0.15) is 33.1 Å². The van der Waals surface area contributed by atoms with E-state index in [1.807, 2.05) is 12.1 Å². The molecular weight excluding hydrogens is 236 g/mol. The summed E-state index contributed by atoms with van der Waals surface area (Å²) in [6.45, 7) is 6.60. The average molecular weight is 260 g/mol. The highest BCUT2D eigenvalue weighted by Gasteiger charge is 2.32. The molecule has 1 N–H and O–H groups in total. The molecule has 3 unspecified atom stereocenters. The van der Waals surface area contributed by atoms with Gasteiger partial charge in [-0.15, -0.1) is 0 Å². The van der Waals surface area contributed by atoms with Crippen LogP contribution in [0.2, 0.25) is 0 Å². The van der Waals surface area contributed by atoms with Crippen molar-refractivity contribution >= 4 is 5.69 Å². The topological polar surface area (TPSA) is 24.5 Å². The Hall–Kier alpha value is -1.22. The van der Waals surface area contributed by atoms with Gasteiger partial charge in [-0.05, 0) is 38.3 Å². The number of ether oxygens (including phenoxy) is 1. The number of nitrogens with zero attached hydrogens (tertiary/aromatic N) is 1. The van der Waals surface area contributed by atoms with Crippen molar-refractivity contribution in [2.45, 2.75) is 51.3 Å². The minimum atomic E-state index is 0.268. The first kappa shape index (κ1) is 12.8. The number of para-hydroxylation sites is 2. The van der Waals surface area contributed by atoms with Crippen LogP contribution in [-0.4, -0.2) is 36.2 Å². The molecule has 0 saturated carbocycles. The SMILES string of the molecule is CCC1CCC(C)N1CC1CNc2ccccc2O1. The van der Waals surface area contributed by atoms with Gasteiger partial charge in [-0.25, -0.2) is 0 Å². The normalized spacial score (nSPS) is 30.5. The summed E-state index contributed by atoms with van der Waals surface area (Å²) >= 11 is 0. The molecule has 1 saturated heterocycles. The average Bonchev–Trinajstić information content (AvgIpc) is 2.79. The standard InChI is InChI=1S/C16H24N2O/c1-3-13-9-8-12(2)18(13)11-14-10-17-15-6-4-5-7-16(15)19-14/h4-7,12-14,17H,3,8-11H2,1-2H3. The summed E-state index contributed by atoms with van der Waals surface area (Å²) in [4.78, 5) is 2.64. The van der Waals surface area contributed by atoms with Crippen LogP contribution in [0.3, 0.4) is 0 Å². The minimum absolute atomic E-state index is 0.268. The number of benzene rings is 1. The van der Waals surface area contributed by atoms with Crippen LogP contribution >= 0.6 is 0 Å². The molecule has 1 fully saturated rings. The van der Waals surface area contributed by atoms with E-state index in [2.05, 4.69) is 36.2 Å². The van der Waals surface area contributed by atoms with Crippen LogP contribution < -0.4 is 10.1 Å². The van der Waals surface area contributed by atoms with Crippen LogP contribution in [0, 0.1) is 0 Å². The van der Waals surface area contributed by atoms with Gasteiger partial charge in [-0.2, -0.15) is 0 Å². The molecule has 2 aliphatic heterocycles. The Morgan fingerprint density at radius 2 is 2.16 bits per heavy atom. The summed E-state index contributed by atoms with van der Waals surface area (Å²) < 4.78 is 6.13. The first-order valence-electron chi connectivity index (χ1n) is 7.53. The van der Waals surface area contributed by atoms with E-state index in [4.69, 9.17) is 4.74 Å². The molecule has 0 aromatic heterocycles. The maximum absolute atomic E-state index is 6.13. The van der Waals surface area contributed by atoms with E-state index >= 15 is 0 Å². The molecule has 3 nitrogen and oxygen atoms in total. The van der Waals surface area contributed by atoms with E-state index in [0.29, 0.717) is 6.04 Å². The first-order chi connectivity index (χ1) is 9.28. The predicted octanol–water partition coefficient (Wildman–Crippen LogP) is 3.12. The predicted molar refractivity (Wildman–Crippen MR) is 78.8 cm³/mol. The fourth-order valence-corrected chi connectivity index (χ4v) is 3.39. The van der Waals surface area contributed by atoms with Crippen LogP contribution in [0.25, 0.3) is 0 Å². The molecule has 104 valence electrons. The fourth-order valence-electron chi connectivity index (χ4n) is 3.39. The second-order valence-electron chi connectivity index (χ2n) is 5.80. The Morgan fingerprint density at radius 1 is 1.32 bits per heavy atom. The van der Waals surface area contributed by atoms with Gasteiger partial charge in [-0.3, -0.25) is 4.90 Å². The lowest BCUT2D eigenvalue weighted by molar-refractivity contribution is 0.105. The molecule has 3 heteroatoms. The van der Waals surface area contributed by atoms with Crippen LogP contribution in [0.4, 0.5) is 5.69 Å². The molecule has 0 spiro atoms. The van der Waals surface area contributed by atoms with Gasteiger partial charge in [0.25, 0.3) is 0 Å². The highest BCUT2D eigenvalue weighted by atomic mass is 16.5. The molecular formula is C16H24N2O. The van der Waals surface area contributed by atoms with Gasteiger partial charge >= 0.3 is 0 Å². The smallest absolute Gasteiger partial charge is 0.142 e. The van der Waals surface area contributed by atoms with E-state index in [-0.39, 0.29) is 6.10 Å². The fraction of sp³-hybridized carbons (Fsp3) is 0.625. The summed E-state index contributed by atoms with van der Waals surface area (Å²) in [6, 6.07) is 9.67. The number of nitrogens with one attached hydrogen (secondary N) is 1. The summed E-state index contributed by atoms with van der Waals surface area (Å²) in [5, 5.41) is 3.48. The number of hydrogen-bond acceptors (Lipinski definition) is 3. The zero-order valence-corrected chi connectivity index (χ0v) is 11.9. The Kier molecular flexibility index (Phi) is 3.65. The lowest BCUT2D eigenvalue weighted by atomic mass is 10.1. The molecule has 19 heavy (non-hydrogen) atoms. The van der Waals surface area contributed by atoms with Crippen molar-refractivity contribution in [2.75, 3.05) is 18.4 Å². The lowest BCUT2D eigenvalue weighted by Gasteiger charge is -2.34. The molecule has 0 amide bonds. The molecule has 3 rings (SSSR count).